The quantitative estimate of drug-likeness (QED) is 0.165. The van der Waals surface area contributed by atoms with E-state index in [1.54, 1.807) is 11.3 Å². The summed E-state index contributed by atoms with van der Waals surface area (Å²) in [6.07, 6.45) is 4.81. The SMILES string of the molecule is CCC(C)(C)C(=O)/C=C(\O)C(C)(C)CC.[Ir].[c-]1ccccc1Oc1cc2sccc2cn1. The summed E-state index contributed by atoms with van der Waals surface area (Å²) >= 11 is 1.68. The van der Waals surface area contributed by atoms with Crippen molar-refractivity contribution in [1.29, 1.82) is 0 Å². The smallest absolute Gasteiger partial charge is 0.218 e. The summed E-state index contributed by atoms with van der Waals surface area (Å²) in [4.78, 5) is 16.1. The van der Waals surface area contributed by atoms with Gasteiger partial charge in [0, 0.05) is 65.1 Å². The van der Waals surface area contributed by atoms with E-state index >= 15 is 0 Å². The van der Waals surface area contributed by atoms with Crippen LogP contribution in [0.2, 0.25) is 0 Å². The number of thiophene rings is 1. The van der Waals surface area contributed by atoms with Crippen LogP contribution in [-0.4, -0.2) is 15.9 Å². The van der Waals surface area contributed by atoms with Crippen LogP contribution >= 0.6 is 11.3 Å². The molecule has 0 unspecified atom stereocenters. The third kappa shape index (κ3) is 7.84. The summed E-state index contributed by atoms with van der Waals surface area (Å²) in [6, 6.07) is 14.5. The Bertz CT molecular complexity index is 1030. The molecule has 175 valence electrons. The molecular weight excluding hydrogens is 599 g/mol. The van der Waals surface area contributed by atoms with E-state index in [9.17, 15) is 9.90 Å². The van der Waals surface area contributed by atoms with Crippen molar-refractivity contribution in [2.75, 3.05) is 0 Å². The Balaban J connectivity index is 0.000000312. The van der Waals surface area contributed by atoms with Crippen molar-refractivity contribution in [3.8, 4) is 11.6 Å². The van der Waals surface area contributed by atoms with Gasteiger partial charge in [-0.05, 0) is 24.3 Å². The predicted molar refractivity (Wildman–Crippen MR) is 129 cm³/mol. The molecule has 0 aliphatic carbocycles. The molecule has 1 N–H and O–H groups in total. The van der Waals surface area contributed by atoms with Crippen molar-refractivity contribution in [2.45, 2.75) is 54.4 Å². The Hall–Kier alpha value is -2.01. The van der Waals surface area contributed by atoms with Crippen LogP contribution in [0.5, 0.6) is 11.6 Å². The maximum atomic E-state index is 11.8. The van der Waals surface area contributed by atoms with Crippen molar-refractivity contribution in [2.24, 2.45) is 10.8 Å². The molecule has 0 spiro atoms. The molecule has 2 aromatic heterocycles. The number of para-hydroxylation sites is 1. The molecule has 2 heterocycles. The molecule has 0 aliphatic heterocycles. The van der Waals surface area contributed by atoms with Crippen LogP contribution in [-0.2, 0) is 24.9 Å². The van der Waals surface area contributed by atoms with Crippen molar-refractivity contribution in [3.05, 3.63) is 65.9 Å². The third-order valence-corrected chi connectivity index (χ3v) is 6.48. The summed E-state index contributed by atoms with van der Waals surface area (Å²) in [5.41, 5.74) is -0.683. The fraction of sp³-hybridized carbons (Fsp3) is 0.385. The van der Waals surface area contributed by atoms with Gasteiger partial charge in [0.25, 0.3) is 0 Å². The van der Waals surface area contributed by atoms with Gasteiger partial charge in [-0.2, -0.15) is 18.2 Å². The number of ether oxygens (including phenoxy) is 1. The number of rotatable bonds is 7. The number of aromatic nitrogens is 1. The van der Waals surface area contributed by atoms with E-state index < -0.39 is 0 Å². The van der Waals surface area contributed by atoms with Crippen LogP contribution in [0, 0.1) is 16.9 Å². The maximum Gasteiger partial charge on any atom is 0.218 e. The first-order valence-electron chi connectivity index (χ1n) is 10.5. The molecule has 0 saturated carbocycles. The van der Waals surface area contributed by atoms with Gasteiger partial charge in [-0.15, -0.1) is 23.5 Å². The van der Waals surface area contributed by atoms with E-state index in [1.165, 1.54) is 10.8 Å². The molecule has 0 saturated heterocycles. The van der Waals surface area contributed by atoms with Crippen LogP contribution in [0.15, 0.2) is 59.8 Å². The number of hydrogen-bond acceptors (Lipinski definition) is 5. The second-order valence-electron chi connectivity index (χ2n) is 8.68. The minimum absolute atomic E-state index is 0. The zero-order valence-electron chi connectivity index (χ0n) is 19.6. The number of benzene rings is 1. The fourth-order valence-electron chi connectivity index (χ4n) is 2.32. The molecule has 0 atom stereocenters. The van der Waals surface area contributed by atoms with Crippen molar-refractivity contribution in [1.82, 2.24) is 4.98 Å². The normalized spacial score (nSPS) is 11.9. The van der Waals surface area contributed by atoms with E-state index in [4.69, 9.17) is 4.74 Å². The largest absolute Gasteiger partial charge is 0.512 e. The first-order chi connectivity index (χ1) is 14.6. The molecule has 0 aliphatic rings. The number of pyridine rings is 1. The number of carbonyl (C=O) groups is 1. The van der Waals surface area contributed by atoms with Gasteiger partial charge in [-0.25, -0.2) is 4.98 Å². The van der Waals surface area contributed by atoms with Crippen LogP contribution in [0.3, 0.4) is 0 Å². The Labute approximate surface area is 209 Å². The van der Waals surface area contributed by atoms with Gasteiger partial charge in [-0.3, -0.25) is 4.79 Å². The van der Waals surface area contributed by atoms with Gasteiger partial charge in [0.05, 0.1) is 0 Å². The third-order valence-electron chi connectivity index (χ3n) is 5.60. The molecule has 1 radical (unpaired) electrons. The second-order valence-corrected chi connectivity index (χ2v) is 9.63. The fourth-order valence-corrected chi connectivity index (χ4v) is 3.10. The summed E-state index contributed by atoms with van der Waals surface area (Å²) < 4.78 is 6.78. The van der Waals surface area contributed by atoms with Gasteiger partial charge in [0.2, 0.25) is 5.88 Å². The van der Waals surface area contributed by atoms with E-state index in [0.717, 1.165) is 18.2 Å². The van der Waals surface area contributed by atoms with Crippen LogP contribution in [0.25, 0.3) is 10.1 Å². The molecule has 3 rings (SSSR count). The molecule has 32 heavy (non-hydrogen) atoms. The number of allylic oxidation sites excluding steroid dienone is 2. The number of aliphatic hydroxyl groups is 1. The summed E-state index contributed by atoms with van der Waals surface area (Å²) in [5, 5.41) is 13.0. The topological polar surface area (TPSA) is 59.4 Å². The Morgan fingerprint density at radius 3 is 2.44 bits per heavy atom. The number of carbonyl (C=O) groups excluding carboxylic acids is 1. The number of fused-ring (bicyclic) bond motifs is 1. The van der Waals surface area contributed by atoms with Crippen LogP contribution in [0.1, 0.15) is 54.4 Å². The minimum Gasteiger partial charge on any atom is -0.512 e. The van der Waals surface area contributed by atoms with Gasteiger partial charge in [-0.1, -0.05) is 41.5 Å². The van der Waals surface area contributed by atoms with Gasteiger partial charge >= 0.3 is 0 Å². The zero-order valence-corrected chi connectivity index (χ0v) is 22.8. The van der Waals surface area contributed by atoms with E-state index in [1.807, 2.05) is 89.5 Å². The molecule has 4 nitrogen and oxygen atoms in total. The molecule has 0 fully saturated rings. The average molecular weight is 631 g/mol. The number of hydrogen-bond donors (Lipinski definition) is 1. The molecule has 1 aromatic carbocycles. The monoisotopic (exact) mass is 631 g/mol. The van der Waals surface area contributed by atoms with Crippen molar-refractivity contribution >= 4 is 27.2 Å². The average Bonchev–Trinajstić information content (AvgIpc) is 3.22. The van der Waals surface area contributed by atoms with Gasteiger partial charge < -0.3 is 9.84 Å². The maximum absolute atomic E-state index is 11.8. The molecule has 0 bridgehead atoms. The molecule has 6 heteroatoms. The van der Waals surface area contributed by atoms with Gasteiger partial charge in [0.15, 0.2) is 5.78 Å². The predicted octanol–water partition coefficient (Wildman–Crippen LogP) is 7.76. The second kappa shape index (κ2) is 12.3. The van der Waals surface area contributed by atoms with Crippen LogP contribution in [0.4, 0.5) is 0 Å². The number of ketones is 1. The van der Waals surface area contributed by atoms with E-state index in [0.29, 0.717) is 11.6 Å². The van der Waals surface area contributed by atoms with Gasteiger partial charge in [0.1, 0.15) is 5.76 Å². The number of aliphatic hydroxyl groups excluding tert-OH is 1. The first-order valence-corrected chi connectivity index (χ1v) is 11.4. The molecular formula is C26H32IrNO3S-. The van der Waals surface area contributed by atoms with E-state index in [-0.39, 0.29) is 42.5 Å². The summed E-state index contributed by atoms with van der Waals surface area (Å²) in [6.45, 7) is 11.7. The summed E-state index contributed by atoms with van der Waals surface area (Å²) in [5.74, 6) is 1.49. The number of nitrogens with zero attached hydrogens (tertiary/aromatic N) is 1. The Morgan fingerprint density at radius 1 is 1.16 bits per heavy atom. The van der Waals surface area contributed by atoms with E-state index in [2.05, 4.69) is 11.1 Å². The zero-order chi connectivity index (χ0) is 23.1. The Kier molecular flexibility index (Phi) is 10.8. The molecule has 0 amide bonds. The first kappa shape index (κ1) is 28.0. The minimum atomic E-state index is -0.377. The van der Waals surface area contributed by atoms with Crippen molar-refractivity contribution in [3.63, 3.8) is 0 Å². The Morgan fingerprint density at radius 2 is 1.84 bits per heavy atom. The van der Waals surface area contributed by atoms with Crippen LogP contribution < -0.4 is 4.74 Å². The summed E-state index contributed by atoms with van der Waals surface area (Å²) in [7, 11) is 0. The molecule has 3 aromatic rings. The van der Waals surface area contributed by atoms with Crippen molar-refractivity contribution < 1.29 is 34.7 Å². The standard InChI is InChI=1S/C13H8NOS.C13H24O2.Ir/c1-2-4-11(5-3-1)15-13-8-12-10(9-14-13)6-7-16-12;1-7-12(3,4)10(14)9-11(15)13(5,6)8-2;/h1-4,6-9H;9,14H,7-8H2,1-6H3;/q-1;;/b;10-9-;.